The zero-order chi connectivity index (χ0) is 32.7. The van der Waals surface area contributed by atoms with Gasteiger partial charge in [0.05, 0.1) is 34.1 Å². The SMILES string of the molecule is C=CN=C(C=C)c1cc2c3c(C)cc(C)c4c5cc6c(cc5n(c2cc1C1C2c5ccccc5-c5cccc[n+]5C12)c34)oc1ccccc16. The second kappa shape index (κ2) is 9.33. The highest BCUT2D eigenvalue weighted by molar-refractivity contribution is 6.28. The van der Waals surface area contributed by atoms with Gasteiger partial charge in [-0.05, 0) is 78.6 Å². The third-order valence-electron chi connectivity index (χ3n) is 11.5. The number of pyridine rings is 1. The van der Waals surface area contributed by atoms with Crippen LogP contribution in [0.5, 0.6) is 0 Å². The molecular formula is C45H32N3O+. The first kappa shape index (κ1) is 27.0. The molecule has 11 rings (SSSR count). The monoisotopic (exact) mass is 630 g/mol. The molecule has 4 heteroatoms. The molecule has 49 heavy (non-hydrogen) atoms. The molecule has 232 valence electrons. The van der Waals surface area contributed by atoms with Crippen LogP contribution in [0.25, 0.3) is 71.3 Å². The van der Waals surface area contributed by atoms with Crippen molar-refractivity contribution in [3.63, 3.8) is 0 Å². The van der Waals surface area contributed by atoms with Gasteiger partial charge in [-0.2, -0.15) is 4.57 Å². The van der Waals surface area contributed by atoms with Gasteiger partial charge in [-0.3, -0.25) is 4.99 Å². The first-order chi connectivity index (χ1) is 24.1. The van der Waals surface area contributed by atoms with Crippen LogP contribution in [0.3, 0.4) is 0 Å². The van der Waals surface area contributed by atoms with E-state index in [1.807, 2.05) is 12.1 Å². The average molecular weight is 631 g/mol. The summed E-state index contributed by atoms with van der Waals surface area (Å²) in [4.78, 5) is 4.78. The molecule has 3 unspecified atom stereocenters. The van der Waals surface area contributed by atoms with Gasteiger partial charge >= 0.3 is 0 Å². The molecule has 9 aromatic rings. The first-order valence-electron chi connectivity index (χ1n) is 17.1. The molecular weight excluding hydrogens is 599 g/mol. The lowest BCUT2D eigenvalue weighted by Gasteiger charge is -2.12. The number of hydrogen-bond donors (Lipinski definition) is 0. The third-order valence-corrected chi connectivity index (χ3v) is 11.5. The van der Waals surface area contributed by atoms with E-state index < -0.39 is 0 Å². The van der Waals surface area contributed by atoms with Crippen LogP contribution in [0.15, 0.2) is 138 Å². The van der Waals surface area contributed by atoms with Crippen molar-refractivity contribution in [2.24, 2.45) is 4.99 Å². The van der Waals surface area contributed by atoms with E-state index in [-0.39, 0.29) is 5.92 Å². The Labute approximate surface area is 282 Å². The predicted molar refractivity (Wildman–Crippen MR) is 201 cm³/mol. The Kier molecular flexibility index (Phi) is 5.14. The Balaban J connectivity index is 1.27. The molecule has 0 saturated heterocycles. The number of fused-ring (bicyclic) bond motifs is 15. The number of allylic oxidation sites excluding steroid dienone is 1. The van der Waals surface area contributed by atoms with Crippen molar-refractivity contribution in [3.05, 3.63) is 157 Å². The van der Waals surface area contributed by atoms with Gasteiger partial charge in [-0.25, -0.2) is 0 Å². The van der Waals surface area contributed by atoms with Gasteiger partial charge in [0.2, 0.25) is 5.69 Å². The summed E-state index contributed by atoms with van der Waals surface area (Å²) >= 11 is 0. The maximum atomic E-state index is 6.46. The van der Waals surface area contributed by atoms with Gasteiger partial charge in [0.1, 0.15) is 11.2 Å². The molecule has 0 spiro atoms. The third kappa shape index (κ3) is 3.33. The van der Waals surface area contributed by atoms with Crippen LogP contribution in [0, 0.1) is 13.8 Å². The Morgan fingerprint density at radius 1 is 0.735 bits per heavy atom. The minimum Gasteiger partial charge on any atom is -0.456 e. The van der Waals surface area contributed by atoms with E-state index in [9.17, 15) is 0 Å². The summed E-state index contributed by atoms with van der Waals surface area (Å²) in [5, 5.41) is 7.42. The highest BCUT2D eigenvalue weighted by Gasteiger charge is 2.63. The summed E-state index contributed by atoms with van der Waals surface area (Å²) < 4.78 is 11.5. The van der Waals surface area contributed by atoms with Crippen LogP contribution in [0.2, 0.25) is 0 Å². The fraction of sp³-hybridized carbons (Fsp3) is 0.111. The second-order valence-electron chi connectivity index (χ2n) is 13.9. The van der Waals surface area contributed by atoms with Gasteiger partial charge in [0.15, 0.2) is 12.2 Å². The molecule has 4 nitrogen and oxygen atoms in total. The molecule has 0 bridgehead atoms. The Morgan fingerprint density at radius 2 is 1.47 bits per heavy atom. The summed E-state index contributed by atoms with van der Waals surface area (Å²) in [7, 11) is 0. The molecule has 0 N–H and O–H groups in total. The van der Waals surface area contributed by atoms with Crippen LogP contribution in [0.1, 0.15) is 45.7 Å². The van der Waals surface area contributed by atoms with Gasteiger partial charge in [0.25, 0.3) is 0 Å². The number of benzene rings is 5. The molecule has 2 aliphatic rings. The smallest absolute Gasteiger partial charge is 0.213 e. The topological polar surface area (TPSA) is 33.8 Å². The summed E-state index contributed by atoms with van der Waals surface area (Å²) in [5.41, 5.74) is 15.4. The maximum absolute atomic E-state index is 6.46. The zero-order valence-electron chi connectivity index (χ0n) is 27.4. The highest BCUT2D eigenvalue weighted by atomic mass is 16.3. The van der Waals surface area contributed by atoms with E-state index in [1.165, 1.54) is 71.6 Å². The van der Waals surface area contributed by atoms with E-state index in [0.29, 0.717) is 12.0 Å². The quantitative estimate of drug-likeness (QED) is 0.141. The van der Waals surface area contributed by atoms with E-state index >= 15 is 0 Å². The number of nitrogens with zero attached hydrogens (tertiary/aromatic N) is 3. The van der Waals surface area contributed by atoms with Crippen molar-refractivity contribution in [1.29, 1.82) is 0 Å². The molecule has 5 aromatic carbocycles. The van der Waals surface area contributed by atoms with E-state index in [4.69, 9.17) is 9.41 Å². The fourth-order valence-corrected chi connectivity index (χ4v) is 9.57. The minimum absolute atomic E-state index is 0.274. The normalized spacial score (nSPS) is 18.5. The van der Waals surface area contributed by atoms with Gasteiger partial charge in [-0.1, -0.05) is 55.6 Å². The van der Waals surface area contributed by atoms with E-state index in [2.05, 4.69) is 133 Å². The van der Waals surface area contributed by atoms with Crippen molar-refractivity contribution in [2.45, 2.75) is 31.7 Å². The fourth-order valence-electron chi connectivity index (χ4n) is 9.57. The zero-order valence-corrected chi connectivity index (χ0v) is 27.4. The molecule has 0 radical (unpaired) electrons. The standard InChI is InChI=1S/C45H32N3O/c1-5-34(46-6-2)29-20-32-36(22-31(29)43-42-28-15-8-7-13-26(28)35-16-11-12-18-47(35)44(42)43)48-37-23-39-30(27-14-9-10-17-38(27)49-39)21-33(37)41-25(4)19-24(3)40(32)45(41)48/h5-23,42-44H,1-2H2,3-4H3/q+1. The first-order valence-corrected chi connectivity index (χ1v) is 17.1. The van der Waals surface area contributed by atoms with E-state index in [0.717, 1.165) is 33.2 Å². The predicted octanol–water partition coefficient (Wildman–Crippen LogP) is 10.9. The molecule has 4 aromatic heterocycles. The minimum atomic E-state index is 0.274. The van der Waals surface area contributed by atoms with Crippen LogP contribution in [-0.2, 0) is 0 Å². The van der Waals surface area contributed by atoms with Crippen molar-refractivity contribution >= 4 is 65.7 Å². The number of rotatable bonds is 4. The number of aromatic nitrogens is 2. The van der Waals surface area contributed by atoms with Gasteiger partial charge < -0.3 is 8.82 Å². The molecule has 3 atom stereocenters. The lowest BCUT2D eigenvalue weighted by Crippen LogP contribution is -2.37. The van der Waals surface area contributed by atoms with Crippen LogP contribution in [-0.4, -0.2) is 10.1 Å². The van der Waals surface area contributed by atoms with Crippen LogP contribution >= 0.6 is 0 Å². The molecule has 1 fully saturated rings. The second-order valence-corrected chi connectivity index (χ2v) is 13.9. The number of aliphatic imine (C=N–C) groups is 1. The van der Waals surface area contributed by atoms with E-state index in [1.54, 1.807) is 6.20 Å². The van der Waals surface area contributed by atoms with Crippen molar-refractivity contribution < 1.29 is 8.98 Å². The van der Waals surface area contributed by atoms with Crippen LogP contribution < -0.4 is 4.57 Å². The maximum Gasteiger partial charge on any atom is 0.213 e. The molecule has 1 saturated carbocycles. The largest absolute Gasteiger partial charge is 0.456 e. The van der Waals surface area contributed by atoms with Gasteiger partial charge in [0, 0.05) is 67.8 Å². The van der Waals surface area contributed by atoms with Crippen molar-refractivity contribution in [1.82, 2.24) is 4.40 Å². The lowest BCUT2D eigenvalue weighted by atomic mass is 9.92. The molecule has 5 heterocycles. The highest BCUT2D eigenvalue weighted by Crippen LogP contribution is 2.65. The number of hydrogen-bond acceptors (Lipinski definition) is 2. The molecule has 1 aliphatic heterocycles. The summed E-state index contributed by atoms with van der Waals surface area (Å²) in [6, 6.07) is 36.0. The number of furan rings is 1. The average Bonchev–Trinajstić information content (AvgIpc) is 3.46. The summed E-state index contributed by atoms with van der Waals surface area (Å²) in [6.07, 6.45) is 5.78. The Morgan fingerprint density at radius 3 is 2.31 bits per heavy atom. The van der Waals surface area contributed by atoms with Gasteiger partial charge in [-0.15, -0.1) is 0 Å². The number of para-hydroxylation sites is 1. The summed E-state index contributed by atoms with van der Waals surface area (Å²) in [6.45, 7) is 12.7. The molecule has 0 amide bonds. The van der Waals surface area contributed by atoms with Crippen molar-refractivity contribution in [2.75, 3.05) is 0 Å². The summed E-state index contributed by atoms with van der Waals surface area (Å²) in [5.74, 6) is 0.642. The lowest BCUT2D eigenvalue weighted by molar-refractivity contribution is -0.693. The Hall–Kier alpha value is -6.00. The van der Waals surface area contributed by atoms with Crippen LogP contribution in [0.4, 0.5) is 0 Å². The van der Waals surface area contributed by atoms with Crippen molar-refractivity contribution in [3.8, 4) is 11.3 Å². The molecule has 1 aliphatic carbocycles. The number of aryl methyl sites for hydroxylation is 2. The Bertz CT molecular complexity index is 2920.